The first kappa shape index (κ1) is 19.6. The van der Waals surface area contributed by atoms with E-state index < -0.39 is 11.8 Å². The highest BCUT2D eigenvalue weighted by molar-refractivity contribution is 6.32. The predicted octanol–water partition coefficient (Wildman–Crippen LogP) is 2.82. The fourth-order valence-corrected chi connectivity index (χ4v) is 2.22. The summed E-state index contributed by atoms with van der Waals surface area (Å²) >= 11 is 5.98. The van der Waals surface area contributed by atoms with Crippen LogP contribution in [0.1, 0.15) is 18.1 Å². The minimum atomic E-state index is -0.511. The zero-order chi connectivity index (χ0) is 18.9. The molecule has 0 aliphatic heterocycles. The van der Waals surface area contributed by atoms with Crippen LogP contribution in [0.25, 0.3) is 0 Å². The van der Waals surface area contributed by atoms with Crippen LogP contribution < -0.4 is 20.3 Å². The fraction of sp³-hybridized carbons (Fsp3) is 0.263. The summed E-state index contributed by atoms with van der Waals surface area (Å²) in [5.74, 6) is 0.00262. The van der Waals surface area contributed by atoms with Gasteiger partial charge in [0.2, 0.25) is 0 Å². The predicted molar refractivity (Wildman–Crippen MR) is 99.3 cm³/mol. The summed E-state index contributed by atoms with van der Waals surface area (Å²) in [5, 5.41) is 0.412. The average molecular weight is 377 g/mol. The Morgan fingerprint density at radius 1 is 0.962 bits per heavy atom. The van der Waals surface area contributed by atoms with E-state index in [9.17, 15) is 9.59 Å². The van der Waals surface area contributed by atoms with Gasteiger partial charge in [-0.25, -0.2) is 0 Å². The lowest BCUT2D eigenvalue weighted by atomic mass is 10.2. The maximum atomic E-state index is 11.7. The van der Waals surface area contributed by atoms with Crippen LogP contribution in [0.2, 0.25) is 5.02 Å². The van der Waals surface area contributed by atoms with Gasteiger partial charge in [-0.1, -0.05) is 36.7 Å². The number of carbonyl (C=O) groups is 2. The lowest BCUT2D eigenvalue weighted by Crippen LogP contribution is -2.45. The first-order valence-corrected chi connectivity index (χ1v) is 8.54. The van der Waals surface area contributed by atoms with Crippen molar-refractivity contribution in [2.45, 2.75) is 20.3 Å². The quantitative estimate of drug-likeness (QED) is 0.728. The average Bonchev–Trinajstić information content (AvgIpc) is 2.65. The molecule has 0 bridgehead atoms. The Hall–Kier alpha value is -2.73. The van der Waals surface area contributed by atoms with E-state index in [1.54, 1.807) is 24.3 Å². The molecule has 7 heteroatoms. The van der Waals surface area contributed by atoms with Crippen LogP contribution in [0.3, 0.4) is 0 Å². The van der Waals surface area contributed by atoms with Crippen molar-refractivity contribution in [1.82, 2.24) is 10.9 Å². The number of amides is 2. The Labute approximate surface area is 157 Å². The number of carbonyl (C=O) groups excluding carboxylic acids is 2. The first-order chi connectivity index (χ1) is 12.5. The topological polar surface area (TPSA) is 76.7 Å². The normalized spacial score (nSPS) is 10.1. The molecule has 26 heavy (non-hydrogen) atoms. The van der Waals surface area contributed by atoms with Crippen LogP contribution >= 0.6 is 11.6 Å². The number of nitrogens with one attached hydrogen (secondary N) is 2. The summed E-state index contributed by atoms with van der Waals surface area (Å²) < 4.78 is 10.7. The van der Waals surface area contributed by atoms with Crippen molar-refractivity contribution in [2.24, 2.45) is 0 Å². The number of rotatable bonds is 7. The van der Waals surface area contributed by atoms with Crippen molar-refractivity contribution in [3.05, 3.63) is 58.6 Å². The molecular formula is C19H21ClN2O4. The Bertz CT molecular complexity index is 763. The number of hydrazine groups is 1. The van der Waals surface area contributed by atoms with Gasteiger partial charge in [0.05, 0.1) is 5.02 Å². The Balaban J connectivity index is 1.69. The van der Waals surface area contributed by atoms with Gasteiger partial charge >= 0.3 is 0 Å². The number of halogens is 1. The van der Waals surface area contributed by atoms with Crippen molar-refractivity contribution < 1.29 is 19.1 Å². The van der Waals surface area contributed by atoms with Crippen LogP contribution in [-0.2, 0) is 16.0 Å². The van der Waals surface area contributed by atoms with E-state index in [4.69, 9.17) is 21.1 Å². The van der Waals surface area contributed by atoms with Crippen LogP contribution in [0.5, 0.6) is 11.5 Å². The summed E-state index contributed by atoms with van der Waals surface area (Å²) in [6.07, 6.45) is 0.933. The largest absolute Gasteiger partial charge is 0.484 e. The fourth-order valence-electron chi connectivity index (χ4n) is 2.05. The summed E-state index contributed by atoms with van der Waals surface area (Å²) in [4.78, 5) is 23.4. The molecular weight excluding hydrogens is 356 g/mol. The van der Waals surface area contributed by atoms with Gasteiger partial charge < -0.3 is 9.47 Å². The van der Waals surface area contributed by atoms with E-state index >= 15 is 0 Å². The number of hydrogen-bond acceptors (Lipinski definition) is 4. The second-order valence-corrected chi connectivity index (χ2v) is 6.01. The molecule has 6 nitrogen and oxygen atoms in total. The third kappa shape index (κ3) is 6.29. The number of hydrogen-bond donors (Lipinski definition) is 2. The van der Waals surface area contributed by atoms with Gasteiger partial charge in [-0.3, -0.25) is 20.4 Å². The third-order valence-corrected chi connectivity index (χ3v) is 3.80. The SMILES string of the molecule is CCc1ccc(OCC(=O)NNC(=O)COc2cc(C)ccc2Cl)cc1. The van der Waals surface area contributed by atoms with Gasteiger partial charge in [0.25, 0.3) is 11.8 Å². The highest BCUT2D eigenvalue weighted by Crippen LogP contribution is 2.24. The van der Waals surface area contributed by atoms with Gasteiger partial charge in [0.15, 0.2) is 13.2 Å². The molecule has 2 N–H and O–H groups in total. The van der Waals surface area contributed by atoms with E-state index in [1.807, 2.05) is 25.1 Å². The molecule has 2 rings (SSSR count). The highest BCUT2D eigenvalue weighted by atomic mass is 35.5. The third-order valence-electron chi connectivity index (χ3n) is 3.49. The molecule has 0 unspecified atom stereocenters. The number of ether oxygens (including phenoxy) is 2. The lowest BCUT2D eigenvalue weighted by Gasteiger charge is -2.11. The molecule has 0 spiro atoms. The molecule has 0 radical (unpaired) electrons. The molecule has 0 saturated heterocycles. The molecule has 0 atom stereocenters. The zero-order valence-corrected chi connectivity index (χ0v) is 15.4. The van der Waals surface area contributed by atoms with E-state index in [0.29, 0.717) is 16.5 Å². The van der Waals surface area contributed by atoms with Crippen LogP contribution in [-0.4, -0.2) is 25.0 Å². The monoisotopic (exact) mass is 376 g/mol. The maximum Gasteiger partial charge on any atom is 0.276 e. The first-order valence-electron chi connectivity index (χ1n) is 8.16. The van der Waals surface area contributed by atoms with E-state index in [0.717, 1.165) is 12.0 Å². The Morgan fingerprint density at radius 3 is 2.19 bits per heavy atom. The number of benzene rings is 2. The summed E-state index contributed by atoms with van der Waals surface area (Å²) in [6.45, 7) is 3.46. The van der Waals surface area contributed by atoms with Gasteiger partial charge in [-0.05, 0) is 48.7 Å². The van der Waals surface area contributed by atoms with Crippen molar-refractivity contribution in [3.63, 3.8) is 0 Å². The minimum Gasteiger partial charge on any atom is -0.484 e. The Kier molecular flexibility index (Phi) is 7.29. The van der Waals surface area contributed by atoms with Crippen molar-refractivity contribution in [3.8, 4) is 11.5 Å². The molecule has 2 amide bonds. The summed E-state index contributed by atoms with van der Waals surface area (Å²) in [7, 11) is 0. The molecule has 0 aliphatic carbocycles. The van der Waals surface area contributed by atoms with Crippen LogP contribution in [0.4, 0.5) is 0 Å². The van der Waals surface area contributed by atoms with Gasteiger partial charge in [0, 0.05) is 0 Å². The van der Waals surface area contributed by atoms with Gasteiger partial charge in [-0.15, -0.1) is 0 Å². The molecule has 2 aromatic rings. The van der Waals surface area contributed by atoms with E-state index in [1.165, 1.54) is 5.56 Å². The summed E-state index contributed by atoms with van der Waals surface area (Å²) in [6, 6.07) is 12.7. The molecule has 0 aromatic heterocycles. The summed E-state index contributed by atoms with van der Waals surface area (Å²) in [5.41, 5.74) is 6.66. The smallest absolute Gasteiger partial charge is 0.276 e. The van der Waals surface area contributed by atoms with E-state index in [-0.39, 0.29) is 13.2 Å². The van der Waals surface area contributed by atoms with Gasteiger partial charge in [0.1, 0.15) is 11.5 Å². The number of aryl methyl sites for hydroxylation is 2. The Morgan fingerprint density at radius 2 is 1.58 bits per heavy atom. The second kappa shape index (κ2) is 9.68. The van der Waals surface area contributed by atoms with Crippen molar-refractivity contribution >= 4 is 23.4 Å². The van der Waals surface area contributed by atoms with Crippen LogP contribution in [0, 0.1) is 6.92 Å². The minimum absolute atomic E-state index is 0.212. The highest BCUT2D eigenvalue weighted by Gasteiger charge is 2.08. The molecule has 0 aliphatic rings. The van der Waals surface area contributed by atoms with Crippen molar-refractivity contribution in [2.75, 3.05) is 13.2 Å². The molecule has 0 saturated carbocycles. The van der Waals surface area contributed by atoms with E-state index in [2.05, 4.69) is 17.8 Å². The molecule has 0 heterocycles. The maximum absolute atomic E-state index is 11.7. The van der Waals surface area contributed by atoms with Gasteiger partial charge in [-0.2, -0.15) is 0 Å². The van der Waals surface area contributed by atoms with Crippen molar-refractivity contribution in [1.29, 1.82) is 0 Å². The second-order valence-electron chi connectivity index (χ2n) is 5.61. The zero-order valence-electron chi connectivity index (χ0n) is 14.7. The standard InChI is InChI=1S/C19H21ClN2O4/c1-3-14-5-7-15(8-6-14)25-11-18(23)21-22-19(24)12-26-17-10-13(2)4-9-16(17)20/h4-10H,3,11-12H2,1-2H3,(H,21,23)(H,22,24). The van der Waals surface area contributed by atoms with Crippen LogP contribution in [0.15, 0.2) is 42.5 Å². The molecule has 138 valence electrons. The molecule has 0 fully saturated rings. The molecule has 2 aromatic carbocycles. The lowest BCUT2D eigenvalue weighted by molar-refractivity contribution is -0.131.